The van der Waals surface area contributed by atoms with Gasteiger partial charge in [0, 0.05) is 7.11 Å². The van der Waals surface area contributed by atoms with Crippen LogP contribution < -0.4 is 0 Å². The number of aromatic nitrogens is 2. The van der Waals surface area contributed by atoms with Crippen molar-refractivity contribution in [3.8, 4) is 0 Å². The van der Waals surface area contributed by atoms with Gasteiger partial charge in [0.05, 0.1) is 6.42 Å². The van der Waals surface area contributed by atoms with E-state index in [0.717, 1.165) is 12.8 Å². The molecule has 1 heterocycles. The van der Waals surface area contributed by atoms with E-state index in [0.29, 0.717) is 18.8 Å². The standard InChI is InChI=1S/C13H17F3N2O3/c1-8-4-3-5-12(7-8,20-2)11-17-10(21-18-11)6-9(19)13(14,15)16/h8H,3-7H2,1-2H3. The molecule has 2 rings (SSSR count). The van der Waals surface area contributed by atoms with Gasteiger partial charge >= 0.3 is 6.18 Å². The second-order valence-electron chi connectivity index (χ2n) is 5.51. The number of carbonyl (C=O) groups excluding carboxylic acids is 1. The lowest BCUT2D eigenvalue weighted by Crippen LogP contribution is -2.35. The average Bonchev–Trinajstić information content (AvgIpc) is 2.86. The fourth-order valence-corrected chi connectivity index (χ4v) is 2.73. The number of hydrogen-bond donors (Lipinski definition) is 0. The van der Waals surface area contributed by atoms with E-state index >= 15 is 0 Å². The molecule has 0 bridgehead atoms. The van der Waals surface area contributed by atoms with Gasteiger partial charge in [0.1, 0.15) is 5.60 Å². The molecule has 0 amide bonds. The number of carbonyl (C=O) groups is 1. The van der Waals surface area contributed by atoms with Gasteiger partial charge in [-0.25, -0.2) is 0 Å². The quantitative estimate of drug-likeness (QED) is 0.856. The summed E-state index contributed by atoms with van der Waals surface area (Å²) in [6.45, 7) is 2.07. The SMILES string of the molecule is COC1(c2noc(CC(=O)C(F)(F)F)n2)CCCC(C)C1. The molecule has 2 unspecified atom stereocenters. The normalized spacial score (nSPS) is 26.8. The molecule has 0 radical (unpaired) electrons. The Labute approximate surface area is 119 Å². The Hall–Kier alpha value is -1.44. The summed E-state index contributed by atoms with van der Waals surface area (Å²) in [7, 11) is 1.52. The molecule has 0 aromatic carbocycles. The third-order valence-electron chi connectivity index (χ3n) is 3.85. The van der Waals surface area contributed by atoms with Crippen molar-refractivity contribution in [1.29, 1.82) is 0 Å². The Morgan fingerprint density at radius 3 is 2.81 bits per heavy atom. The molecule has 8 heteroatoms. The molecule has 1 fully saturated rings. The molecule has 5 nitrogen and oxygen atoms in total. The molecule has 0 N–H and O–H groups in total. The van der Waals surface area contributed by atoms with E-state index in [1.165, 1.54) is 7.11 Å². The molecular formula is C13H17F3N2O3. The van der Waals surface area contributed by atoms with Crippen LogP contribution in [0.5, 0.6) is 0 Å². The van der Waals surface area contributed by atoms with Gasteiger partial charge in [-0.15, -0.1) is 0 Å². The molecular weight excluding hydrogens is 289 g/mol. The number of alkyl halides is 3. The van der Waals surface area contributed by atoms with Crippen LogP contribution in [0.3, 0.4) is 0 Å². The molecule has 0 spiro atoms. The van der Waals surface area contributed by atoms with Crippen LogP contribution in [0.2, 0.25) is 0 Å². The molecule has 21 heavy (non-hydrogen) atoms. The fraction of sp³-hybridized carbons (Fsp3) is 0.769. The first-order valence-electron chi connectivity index (χ1n) is 6.75. The third kappa shape index (κ3) is 3.42. The topological polar surface area (TPSA) is 65.2 Å². The molecule has 0 saturated heterocycles. The minimum absolute atomic E-state index is 0.224. The second kappa shape index (κ2) is 5.75. The number of hydrogen-bond acceptors (Lipinski definition) is 5. The Kier molecular flexibility index (Phi) is 4.36. The minimum Gasteiger partial charge on any atom is -0.370 e. The van der Waals surface area contributed by atoms with Gasteiger partial charge in [0.15, 0.2) is 0 Å². The summed E-state index contributed by atoms with van der Waals surface area (Å²) in [4.78, 5) is 14.9. The smallest absolute Gasteiger partial charge is 0.370 e. The maximum atomic E-state index is 12.2. The monoisotopic (exact) mass is 306 g/mol. The van der Waals surface area contributed by atoms with Crippen LogP contribution in [0.25, 0.3) is 0 Å². The van der Waals surface area contributed by atoms with Gasteiger partial charge < -0.3 is 9.26 Å². The van der Waals surface area contributed by atoms with Crippen molar-refractivity contribution in [1.82, 2.24) is 10.1 Å². The first kappa shape index (κ1) is 15.9. The summed E-state index contributed by atoms with van der Waals surface area (Å²) < 4.78 is 47.0. The molecule has 1 aromatic heterocycles. The zero-order valence-corrected chi connectivity index (χ0v) is 11.9. The lowest BCUT2D eigenvalue weighted by molar-refractivity contribution is -0.170. The van der Waals surface area contributed by atoms with E-state index in [1.54, 1.807) is 0 Å². The number of Topliss-reactive ketones (excluding diaryl/α,β-unsaturated/α-hetero) is 1. The minimum atomic E-state index is -4.90. The summed E-state index contributed by atoms with van der Waals surface area (Å²) >= 11 is 0. The van der Waals surface area contributed by atoms with Crippen LogP contribution in [0, 0.1) is 5.92 Å². The molecule has 1 saturated carbocycles. The highest BCUT2D eigenvalue weighted by molar-refractivity contribution is 5.85. The zero-order chi connectivity index (χ0) is 15.7. The summed E-state index contributed by atoms with van der Waals surface area (Å²) in [5, 5.41) is 3.72. The number of ketones is 1. The summed E-state index contributed by atoms with van der Waals surface area (Å²) in [6, 6.07) is 0. The first-order valence-corrected chi connectivity index (χ1v) is 6.75. The van der Waals surface area contributed by atoms with E-state index in [1.807, 2.05) is 0 Å². The van der Waals surface area contributed by atoms with E-state index in [2.05, 4.69) is 17.1 Å². The lowest BCUT2D eigenvalue weighted by Gasteiger charge is -2.36. The molecule has 0 aliphatic heterocycles. The highest BCUT2D eigenvalue weighted by Gasteiger charge is 2.42. The van der Waals surface area contributed by atoms with Crippen molar-refractivity contribution < 1.29 is 27.2 Å². The summed E-state index contributed by atoms with van der Waals surface area (Å²) in [5.74, 6) is -1.61. The van der Waals surface area contributed by atoms with Crippen molar-refractivity contribution in [3.05, 3.63) is 11.7 Å². The van der Waals surface area contributed by atoms with Crippen LogP contribution in [0.15, 0.2) is 4.52 Å². The Bertz CT molecular complexity index is 515. The molecule has 118 valence electrons. The van der Waals surface area contributed by atoms with Crippen LogP contribution >= 0.6 is 0 Å². The molecule has 1 aliphatic carbocycles. The second-order valence-corrected chi connectivity index (χ2v) is 5.51. The van der Waals surface area contributed by atoms with Crippen molar-refractivity contribution in [2.45, 2.75) is 50.8 Å². The first-order chi connectivity index (χ1) is 9.77. The van der Waals surface area contributed by atoms with Gasteiger partial charge in [-0.2, -0.15) is 18.2 Å². The van der Waals surface area contributed by atoms with Gasteiger partial charge in [0.25, 0.3) is 0 Å². The van der Waals surface area contributed by atoms with Gasteiger partial charge in [-0.1, -0.05) is 18.5 Å². The number of halogens is 3. The number of ether oxygens (including phenoxy) is 1. The molecule has 2 atom stereocenters. The van der Waals surface area contributed by atoms with Crippen LogP contribution in [-0.2, 0) is 21.6 Å². The largest absolute Gasteiger partial charge is 0.450 e. The fourth-order valence-electron chi connectivity index (χ4n) is 2.73. The van der Waals surface area contributed by atoms with Crippen molar-refractivity contribution in [2.24, 2.45) is 5.92 Å². The van der Waals surface area contributed by atoms with Gasteiger partial charge in [-0.05, 0) is 25.2 Å². The van der Waals surface area contributed by atoms with Gasteiger partial charge in [-0.3, -0.25) is 4.79 Å². The number of methoxy groups -OCH3 is 1. The Morgan fingerprint density at radius 2 is 2.24 bits per heavy atom. The van der Waals surface area contributed by atoms with Crippen molar-refractivity contribution in [3.63, 3.8) is 0 Å². The summed E-state index contributed by atoms with van der Waals surface area (Å²) in [6.07, 6.45) is -2.50. The number of rotatable bonds is 4. The van der Waals surface area contributed by atoms with Crippen LogP contribution in [0.4, 0.5) is 13.2 Å². The van der Waals surface area contributed by atoms with E-state index in [4.69, 9.17) is 9.26 Å². The predicted molar refractivity (Wildman–Crippen MR) is 65.4 cm³/mol. The van der Waals surface area contributed by atoms with Crippen LogP contribution in [-0.4, -0.2) is 29.2 Å². The average molecular weight is 306 g/mol. The lowest BCUT2D eigenvalue weighted by atomic mass is 9.78. The van der Waals surface area contributed by atoms with Crippen molar-refractivity contribution in [2.75, 3.05) is 7.11 Å². The molecule has 1 aromatic rings. The van der Waals surface area contributed by atoms with E-state index < -0.39 is 24.0 Å². The zero-order valence-electron chi connectivity index (χ0n) is 11.9. The van der Waals surface area contributed by atoms with E-state index in [-0.39, 0.29) is 11.7 Å². The maximum Gasteiger partial charge on any atom is 0.450 e. The summed E-state index contributed by atoms with van der Waals surface area (Å²) in [5.41, 5.74) is -0.735. The Balaban J connectivity index is 2.16. The van der Waals surface area contributed by atoms with Crippen molar-refractivity contribution >= 4 is 5.78 Å². The highest BCUT2D eigenvalue weighted by atomic mass is 19.4. The van der Waals surface area contributed by atoms with Crippen LogP contribution in [0.1, 0.15) is 44.3 Å². The van der Waals surface area contributed by atoms with Gasteiger partial charge in [0.2, 0.25) is 17.5 Å². The Morgan fingerprint density at radius 1 is 1.52 bits per heavy atom. The predicted octanol–water partition coefficient (Wildman–Crippen LogP) is 2.80. The third-order valence-corrected chi connectivity index (χ3v) is 3.85. The number of nitrogens with zero attached hydrogens (tertiary/aromatic N) is 2. The van der Waals surface area contributed by atoms with E-state index in [9.17, 15) is 18.0 Å². The maximum absolute atomic E-state index is 12.2. The highest BCUT2D eigenvalue weighted by Crippen LogP contribution is 2.41. The molecule has 1 aliphatic rings.